The Balaban J connectivity index is 1.29. The van der Waals surface area contributed by atoms with E-state index in [0.29, 0.717) is 33.5 Å². The number of nitrogens with one attached hydrogen (secondary N) is 1. The van der Waals surface area contributed by atoms with Gasteiger partial charge in [0, 0.05) is 24.0 Å². The van der Waals surface area contributed by atoms with Gasteiger partial charge >= 0.3 is 0 Å². The summed E-state index contributed by atoms with van der Waals surface area (Å²) in [5, 5.41) is 12.6. The number of hydrogen-bond donors (Lipinski definition) is 1. The van der Waals surface area contributed by atoms with Crippen LogP contribution in [-0.4, -0.2) is 39.5 Å². The Morgan fingerprint density at radius 2 is 2.00 bits per heavy atom. The summed E-state index contributed by atoms with van der Waals surface area (Å²) in [5.74, 6) is 0.268. The first-order valence-electron chi connectivity index (χ1n) is 9.39. The second-order valence-electron chi connectivity index (χ2n) is 7.12. The van der Waals surface area contributed by atoms with Gasteiger partial charge < -0.3 is 15.0 Å². The number of halogens is 1. The average Bonchev–Trinajstić information content (AvgIpc) is 3.42. The number of likely N-dealkylation sites (tertiary alicyclic amines) is 1. The van der Waals surface area contributed by atoms with E-state index in [4.69, 9.17) is 16.3 Å². The zero-order valence-electron chi connectivity index (χ0n) is 15.3. The minimum atomic E-state index is -0.328. The van der Waals surface area contributed by atoms with Crippen LogP contribution in [0.3, 0.4) is 0 Å². The summed E-state index contributed by atoms with van der Waals surface area (Å²) >= 11 is 7.11. The predicted octanol–water partition coefficient (Wildman–Crippen LogP) is 3.50. The number of rotatable bonds is 6. The van der Waals surface area contributed by atoms with Gasteiger partial charge in [-0.1, -0.05) is 35.8 Å². The fraction of sp³-hybridized carbons (Fsp3) is 0.474. The quantitative estimate of drug-likeness (QED) is 0.773. The second-order valence-corrected chi connectivity index (χ2v) is 8.62. The van der Waals surface area contributed by atoms with E-state index in [1.807, 2.05) is 4.90 Å². The third kappa shape index (κ3) is 4.44. The van der Waals surface area contributed by atoms with Crippen molar-refractivity contribution in [2.45, 2.75) is 44.8 Å². The molecule has 2 fully saturated rings. The van der Waals surface area contributed by atoms with Gasteiger partial charge in [-0.3, -0.25) is 9.59 Å². The molecule has 1 unspecified atom stereocenters. The van der Waals surface area contributed by atoms with Crippen LogP contribution in [0.4, 0.5) is 5.13 Å². The number of hydrogen-bond acceptors (Lipinski definition) is 6. The number of benzene rings is 1. The Morgan fingerprint density at radius 1 is 1.25 bits per heavy atom. The molecule has 1 aliphatic carbocycles. The first-order valence-corrected chi connectivity index (χ1v) is 10.6. The van der Waals surface area contributed by atoms with Crippen molar-refractivity contribution < 1.29 is 14.3 Å². The van der Waals surface area contributed by atoms with E-state index >= 15 is 0 Å². The van der Waals surface area contributed by atoms with Gasteiger partial charge in [-0.15, -0.1) is 10.2 Å². The number of aromatic nitrogens is 2. The summed E-state index contributed by atoms with van der Waals surface area (Å²) < 4.78 is 5.64. The van der Waals surface area contributed by atoms with Gasteiger partial charge in [-0.2, -0.15) is 0 Å². The lowest BCUT2D eigenvalue weighted by Crippen LogP contribution is -2.35. The third-order valence-corrected chi connectivity index (χ3v) is 6.23. The number of amides is 2. The van der Waals surface area contributed by atoms with Gasteiger partial charge in [-0.05, 0) is 37.1 Å². The van der Waals surface area contributed by atoms with Crippen LogP contribution in [0.2, 0.25) is 5.02 Å². The standard InChI is InChI=1S/C19H21ClN4O3S/c20-13-5-7-15(8-6-13)27-11-16-22-23-19(28-16)21-18(26)12-9-17(25)24(10-12)14-3-1-2-4-14/h5-8,12,14H,1-4,9-11H2,(H,21,23,26). The van der Waals surface area contributed by atoms with E-state index < -0.39 is 0 Å². The van der Waals surface area contributed by atoms with E-state index in [-0.39, 0.29) is 30.8 Å². The summed E-state index contributed by atoms with van der Waals surface area (Å²) in [4.78, 5) is 26.7. The predicted molar refractivity (Wildman–Crippen MR) is 106 cm³/mol. The molecule has 2 heterocycles. The zero-order valence-corrected chi connectivity index (χ0v) is 16.8. The van der Waals surface area contributed by atoms with Crippen LogP contribution in [0, 0.1) is 5.92 Å². The largest absolute Gasteiger partial charge is 0.486 e. The molecule has 1 saturated heterocycles. The van der Waals surface area contributed by atoms with Crippen LogP contribution in [0.25, 0.3) is 0 Å². The molecule has 0 spiro atoms. The molecule has 0 bridgehead atoms. The number of nitrogens with zero attached hydrogens (tertiary/aromatic N) is 3. The number of carbonyl (C=O) groups excluding carboxylic acids is 2. The van der Waals surface area contributed by atoms with E-state index in [1.54, 1.807) is 24.3 Å². The SMILES string of the molecule is O=C(Nc1nnc(COc2ccc(Cl)cc2)s1)C1CC(=O)N(C2CCCC2)C1. The minimum absolute atomic E-state index is 0.0846. The molecule has 148 valence electrons. The van der Waals surface area contributed by atoms with Crippen LogP contribution >= 0.6 is 22.9 Å². The second kappa shape index (κ2) is 8.45. The lowest BCUT2D eigenvalue weighted by molar-refractivity contribution is -0.129. The Morgan fingerprint density at radius 3 is 2.75 bits per heavy atom. The molecule has 1 aromatic carbocycles. The van der Waals surface area contributed by atoms with Crippen LogP contribution in [-0.2, 0) is 16.2 Å². The van der Waals surface area contributed by atoms with Crippen LogP contribution < -0.4 is 10.1 Å². The molecule has 1 aromatic heterocycles. The van der Waals surface area contributed by atoms with Crippen molar-refractivity contribution >= 4 is 39.9 Å². The van der Waals surface area contributed by atoms with Gasteiger partial charge in [-0.25, -0.2) is 0 Å². The lowest BCUT2D eigenvalue weighted by atomic mass is 10.1. The number of carbonyl (C=O) groups is 2. The van der Waals surface area contributed by atoms with Crippen molar-refractivity contribution in [2.24, 2.45) is 5.92 Å². The van der Waals surface area contributed by atoms with E-state index in [0.717, 1.165) is 25.7 Å². The summed E-state index contributed by atoms with van der Waals surface area (Å²) in [7, 11) is 0. The monoisotopic (exact) mass is 420 g/mol. The van der Waals surface area contributed by atoms with Gasteiger partial charge in [0.1, 0.15) is 12.4 Å². The highest BCUT2D eigenvalue weighted by molar-refractivity contribution is 7.15. The van der Waals surface area contributed by atoms with Crippen molar-refractivity contribution in [3.8, 4) is 5.75 Å². The van der Waals surface area contributed by atoms with Crippen molar-refractivity contribution in [1.29, 1.82) is 0 Å². The maximum atomic E-state index is 12.5. The van der Waals surface area contributed by atoms with Crippen LogP contribution in [0.5, 0.6) is 5.75 Å². The molecule has 1 N–H and O–H groups in total. The maximum Gasteiger partial charge on any atom is 0.231 e. The summed E-state index contributed by atoms with van der Waals surface area (Å²) in [6, 6.07) is 7.36. The molecule has 0 radical (unpaired) electrons. The van der Waals surface area contributed by atoms with Crippen molar-refractivity contribution in [1.82, 2.24) is 15.1 Å². The maximum absolute atomic E-state index is 12.5. The van der Waals surface area contributed by atoms with E-state index in [2.05, 4.69) is 15.5 Å². The fourth-order valence-corrected chi connectivity index (χ4v) is 4.50. The van der Waals surface area contributed by atoms with Gasteiger partial charge in [0.05, 0.1) is 5.92 Å². The highest BCUT2D eigenvalue weighted by Gasteiger charge is 2.38. The third-order valence-electron chi connectivity index (χ3n) is 5.17. The Labute approximate surface area is 172 Å². The van der Waals surface area contributed by atoms with Crippen LogP contribution in [0.15, 0.2) is 24.3 Å². The fourth-order valence-electron chi connectivity index (χ4n) is 3.72. The van der Waals surface area contributed by atoms with Crippen molar-refractivity contribution in [2.75, 3.05) is 11.9 Å². The van der Waals surface area contributed by atoms with Gasteiger partial charge in [0.2, 0.25) is 16.9 Å². The highest BCUT2D eigenvalue weighted by atomic mass is 35.5. The first kappa shape index (κ1) is 19.1. The van der Waals surface area contributed by atoms with Crippen molar-refractivity contribution in [3.05, 3.63) is 34.3 Å². The topological polar surface area (TPSA) is 84.4 Å². The summed E-state index contributed by atoms with van der Waals surface area (Å²) in [6.45, 7) is 0.757. The number of anilines is 1. The Kier molecular flexibility index (Phi) is 5.77. The van der Waals surface area contributed by atoms with E-state index in [1.165, 1.54) is 11.3 Å². The Hall–Kier alpha value is -2.19. The van der Waals surface area contributed by atoms with Gasteiger partial charge in [0.15, 0.2) is 5.01 Å². The zero-order chi connectivity index (χ0) is 19.5. The molecular weight excluding hydrogens is 400 g/mol. The van der Waals surface area contributed by atoms with E-state index in [9.17, 15) is 9.59 Å². The molecule has 4 rings (SSSR count). The molecule has 1 atom stereocenters. The summed E-state index contributed by atoms with van der Waals surface area (Å²) in [6.07, 6.45) is 4.70. The highest BCUT2D eigenvalue weighted by Crippen LogP contribution is 2.30. The van der Waals surface area contributed by atoms with Gasteiger partial charge in [0.25, 0.3) is 0 Å². The average molecular weight is 421 g/mol. The lowest BCUT2D eigenvalue weighted by Gasteiger charge is -2.23. The van der Waals surface area contributed by atoms with Crippen LogP contribution in [0.1, 0.15) is 37.1 Å². The summed E-state index contributed by atoms with van der Waals surface area (Å²) in [5.41, 5.74) is 0. The molecule has 1 aliphatic heterocycles. The molecule has 1 saturated carbocycles. The molecular formula is C19H21ClN4O3S. The molecule has 28 heavy (non-hydrogen) atoms. The van der Waals surface area contributed by atoms with Crippen molar-refractivity contribution in [3.63, 3.8) is 0 Å². The Bertz CT molecular complexity index is 851. The molecule has 2 aromatic rings. The smallest absolute Gasteiger partial charge is 0.231 e. The number of ether oxygens (including phenoxy) is 1. The molecule has 7 nitrogen and oxygen atoms in total. The molecule has 9 heteroatoms. The normalized spacial score (nSPS) is 20.0. The first-order chi connectivity index (χ1) is 13.6. The molecule has 2 aliphatic rings. The molecule has 2 amide bonds. The minimum Gasteiger partial charge on any atom is -0.486 e.